The summed E-state index contributed by atoms with van der Waals surface area (Å²) >= 11 is 11.7. The summed E-state index contributed by atoms with van der Waals surface area (Å²) in [6, 6.07) is 9.60. The maximum absolute atomic E-state index is 16.0. The van der Waals surface area contributed by atoms with Crippen molar-refractivity contribution < 1.29 is 23.8 Å². The number of alkyl halides is 1. The van der Waals surface area contributed by atoms with Crippen molar-refractivity contribution in [2.45, 2.75) is 88.4 Å². The molecule has 0 amide bonds. The summed E-state index contributed by atoms with van der Waals surface area (Å²) in [6.07, 6.45) is -0.353. The van der Waals surface area contributed by atoms with Gasteiger partial charge in [0.15, 0.2) is 11.6 Å². The van der Waals surface area contributed by atoms with Crippen LogP contribution in [0.4, 0.5) is 4.39 Å². The van der Waals surface area contributed by atoms with Gasteiger partial charge in [-0.05, 0) is 73.8 Å². The van der Waals surface area contributed by atoms with Crippen LogP contribution in [0.15, 0.2) is 40.9 Å². The Bertz CT molecular complexity index is 1110. The minimum absolute atomic E-state index is 0.0291. The molecule has 0 spiro atoms. The molecule has 6 rings (SSSR count). The predicted octanol–water partition coefficient (Wildman–Crippen LogP) is 5.78. The Hall–Kier alpha value is -0.920. The first kappa shape index (κ1) is 24.4. The average Bonchev–Trinajstić information content (AvgIpc) is 3.13. The van der Waals surface area contributed by atoms with E-state index in [4.69, 9.17) is 33.7 Å². The van der Waals surface area contributed by atoms with E-state index in [1.807, 2.05) is 51.1 Å². The van der Waals surface area contributed by atoms with Gasteiger partial charge < -0.3 is 14.6 Å². The lowest BCUT2D eigenvalue weighted by molar-refractivity contribution is -0.208. The fourth-order valence-corrected chi connectivity index (χ4v) is 9.97. The van der Waals surface area contributed by atoms with Gasteiger partial charge in [0.05, 0.1) is 11.1 Å². The Morgan fingerprint density at radius 1 is 1.11 bits per heavy atom. The van der Waals surface area contributed by atoms with Gasteiger partial charge in [0, 0.05) is 11.3 Å². The number of ketones is 1. The van der Waals surface area contributed by atoms with Crippen molar-refractivity contribution >= 4 is 30.0 Å². The molecular formula is C28H34ClFO4S. The fraction of sp³-hybridized carbons (Fsp3) is 0.679. The first-order valence-electron chi connectivity index (χ1n) is 12.7. The second kappa shape index (κ2) is 7.57. The molecule has 190 valence electrons. The van der Waals surface area contributed by atoms with E-state index in [-0.39, 0.29) is 41.1 Å². The molecule has 4 nitrogen and oxygen atoms in total. The number of carbonyl (C=O) groups excluding carboxylic acids is 1. The van der Waals surface area contributed by atoms with Gasteiger partial charge in [-0.15, -0.1) is 12.6 Å². The highest BCUT2D eigenvalue weighted by molar-refractivity contribution is 7.81. The Morgan fingerprint density at radius 2 is 1.80 bits per heavy atom. The third kappa shape index (κ3) is 3.13. The van der Waals surface area contributed by atoms with E-state index in [9.17, 15) is 9.90 Å². The van der Waals surface area contributed by atoms with Gasteiger partial charge in [0.25, 0.3) is 0 Å². The summed E-state index contributed by atoms with van der Waals surface area (Å²) in [4.78, 5) is 12.5. The molecule has 4 unspecified atom stereocenters. The van der Waals surface area contributed by atoms with E-state index in [0.717, 1.165) is 5.56 Å². The van der Waals surface area contributed by atoms with Crippen molar-refractivity contribution in [3.8, 4) is 0 Å². The second-order valence-electron chi connectivity index (χ2n) is 12.4. The average molecular weight is 521 g/mol. The molecule has 4 fully saturated rings. The third-order valence-corrected chi connectivity index (χ3v) is 11.4. The normalized spacial score (nSPS) is 50.4. The van der Waals surface area contributed by atoms with Crippen LogP contribution in [0.2, 0.25) is 0 Å². The summed E-state index contributed by atoms with van der Waals surface area (Å²) in [7, 11) is 0. The fourth-order valence-electron chi connectivity index (χ4n) is 8.87. The predicted molar refractivity (Wildman–Crippen MR) is 135 cm³/mol. The number of allylic oxidation sites excluding steroid dienone is 1. The number of carbonyl (C=O) groups is 1. The molecule has 3 saturated carbocycles. The number of aliphatic hydroxyl groups is 1. The Labute approximate surface area is 217 Å². The maximum atomic E-state index is 16.0. The molecule has 1 heterocycles. The SMILES string of the molecule is CC1(C)O[C@@H]2CC3C4C[C@H](F)C5=C(Cl)C(=O)C(c6ccccc6)C[C@]5(C)C4[C@@H](O)C[C@]3(C)[C@]2(S)O1. The number of halogens is 2. The van der Waals surface area contributed by atoms with E-state index in [0.29, 0.717) is 24.8 Å². The summed E-state index contributed by atoms with van der Waals surface area (Å²) in [5.74, 6) is -1.63. The standard InChI is InChI=1S/C28H34ClFO4S/c1-25(2)33-20-11-17-15-10-18(30)22-23(29)24(32)16(14-8-6-5-7-9-14)12-26(22,3)21(15)19(31)13-27(17,4)28(20,35)34-25/h5-9,15-21,31,35H,10-13H2,1-4H3/t15?,16?,17?,18-,19-,20+,21?,26+,27-,28-/m0/s1. The number of benzene rings is 1. The Kier molecular flexibility index (Phi) is 5.28. The van der Waals surface area contributed by atoms with Crippen LogP contribution in [0.25, 0.3) is 0 Å². The zero-order valence-electron chi connectivity index (χ0n) is 20.6. The number of hydrogen-bond acceptors (Lipinski definition) is 5. The number of Topliss-reactive ketones (excluding diaryl/α,β-unsaturated/α-hetero) is 1. The number of rotatable bonds is 1. The van der Waals surface area contributed by atoms with Crippen molar-refractivity contribution in [3.05, 3.63) is 46.5 Å². The molecule has 1 aliphatic heterocycles. The molecule has 10 atom stereocenters. The molecule has 5 aliphatic rings. The van der Waals surface area contributed by atoms with Gasteiger partial charge in [-0.2, -0.15) is 0 Å². The molecule has 1 N–H and O–H groups in total. The van der Waals surface area contributed by atoms with E-state index in [1.54, 1.807) is 0 Å². The lowest BCUT2D eigenvalue weighted by Crippen LogP contribution is -2.61. The van der Waals surface area contributed by atoms with Crippen LogP contribution >= 0.6 is 24.2 Å². The number of hydrogen-bond donors (Lipinski definition) is 2. The minimum atomic E-state index is -1.32. The minimum Gasteiger partial charge on any atom is -0.393 e. The second-order valence-corrected chi connectivity index (χ2v) is 13.4. The van der Waals surface area contributed by atoms with Crippen molar-refractivity contribution in [2.24, 2.45) is 28.6 Å². The molecule has 1 aromatic carbocycles. The molecule has 0 aromatic heterocycles. The summed E-state index contributed by atoms with van der Waals surface area (Å²) < 4.78 is 28.7. The maximum Gasteiger partial charge on any atom is 0.181 e. The zero-order chi connectivity index (χ0) is 25.1. The van der Waals surface area contributed by atoms with E-state index < -0.39 is 39.7 Å². The topological polar surface area (TPSA) is 55.8 Å². The van der Waals surface area contributed by atoms with Crippen LogP contribution in [-0.4, -0.2) is 40.0 Å². The van der Waals surface area contributed by atoms with Gasteiger partial charge in [-0.25, -0.2) is 4.39 Å². The molecule has 7 heteroatoms. The number of fused-ring (bicyclic) bond motifs is 7. The lowest BCUT2D eigenvalue weighted by Gasteiger charge is -2.61. The largest absolute Gasteiger partial charge is 0.393 e. The highest BCUT2D eigenvalue weighted by atomic mass is 35.5. The molecule has 1 saturated heterocycles. The van der Waals surface area contributed by atoms with Crippen LogP contribution in [0.5, 0.6) is 0 Å². The van der Waals surface area contributed by atoms with Gasteiger partial charge in [0.1, 0.15) is 17.2 Å². The quantitative estimate of drug-likeness (QED) is 0.460. The van der Waals surface area contributed by atoms with Crippen molar-refractivity contribution in [1.29, 1.82) is 0 Å². The Balaban J connectivity index is 1.43. The van der Waals surface area contributed by atoms with Crippen LogP contribution in [-0.2, 0) is 14.3 Å². The van der Waals surface area contributed by atoms with Gasteiger partial charge in [-0.1, -0.05) is 55.8 Å². The molecule has 4 aliphatic carbocycles. The number of aliphatic hydroxyl groups excluding tert-OH is 1. The van der Waals surface area contributed by atoms with Gasteiger partial charge in [-0.3, -0.25) is 4.79 Å². The van der Waals surface area contributed by atoms with Crippen LogP contribution in [0, 0.1) is 28.6 Å². The lowest BCUT2D eigenvalue weighted by atomic mass is 9.45. The summed E-state index contributed by atoms with van der Waals surface area (Å²) in [5, 5.41) is 11.8. The number of thiol groups is 1. The summed E-state index contributed by atoms with van der Waals surface area (Å²) in [6.45, 7) is 7.93. The zero-order valence-corrected chi connectivity index (χ0v) is 22.3. The van der Waals surface area contributed by atoms with Crippen molar-refractivity contribution in [1.82, 2.24) is 0 Å². The molecule has 0 radical (unpaired) electrons. The number of ether oxygens (including phenoxy) is 2. The molecule has 1 aromatic rings. The molecule has 35 heavy (non-hydrogen) atoms. The smallest absolute Gasteiger partial charge is 0.181 e. The van der Waals surface area contributed by atoms with E-state index in [2.05, 4.69) is 6.92 Å². The third-order valence-electron chi connectivity index (χ3n) is 10.1. The first-order valence-corrected chi connectivity index (χ1v) is 13.6. The highest BCUT2D eigenvalue weighted by Crippen LogP contribution is 2.72. The van der Waals surface area contributed by atoms with Crippen LogP contribution in [0.3, 0.4) is 0 Å². The first-order chi connectivity index (χ1) is 16.3. The van der Waals surface area contributed by atoms with Crippen LogP contribution < -0.4 is 0 Å². The Morgan fingerprint density at radius 3 is 2.49 bits per heavy atom. The van der Waals surface area contributed by atoms with E-state index >= 15 is 4.39 Å². The molecular weight excluding hydrogens is 487 g/mol. The van der Waals surface area contributed by atoms with Crippen molar-refractivity contribution in [2.75, 3.05) is 0 Å². The monoisotopic (exact) mass is 520 g/mol. The highest BCUT2D eigenvalue weighted by Gasteiger charge is 2.74. The van der Waals surface area contributed by atoms with E-state index in [1.165, 1.54) is 0 Å². The van der Waals surface area contributed by atoms with Crippen LogP contribution in [0.1, 0.15) is 64.9 Å². The van der Waals surface area contributed by atoms with Gasteiger partial charge >= 0.3 is 0 Å². The van der Waals surface area contributed by atoms with Gasteiger partial charge in [0.2, 0.25) is 0 Å². The summed E-state index contributed by atoms with van der Waals surface area (Å²) in [5.41, 5.74) is 0.0846. The molecule has 0 bridgehead atoms. The van der Waals surface area contributed by atoms with Crippen molar-refractivity contribution in [3.63, 3.8) is 0 Å².